The molecular weight excluding hydrogens is 666 g/mol. The number of phenolic OH excluding ortho intramolecular Hbond substituents is 1. The summed E-state index contributed by atoms with van der Waals surface area (Å²) in [7, 11) is 0. The molecule has 0 bridgehead atoms. The maximum absolute atomic E-state index is 13.8. The number of rotatable bonds is 17. The summed E-state index contributed by atoms with van der Waals surface area (Å²) in [5, 5.41) is 27.5. The summed E-state index contributed by atoms with van der Waals surface area (Å²) in [5.41, 5.74) is 3.53. The van der Waals surface area contributed by atoms with E-state index in [4.69, 9.17) is 9.47 Å². The lowest BCUT2D eigenvalue weighted by Crippen LogP contribution is -2.57. The molecule has 5 aromatic rings. The minimum Gasteiger partial charge on any atom is -0.508 e. The van der Waals surface area contributed by atoms with Gasteiger partial charge >= 0.3 is 12.1 Å². The number of imidazole rings is 1. The Morgan fingerprint density at radius 2 is 1.17 bits per heavy atom. The Kier molecular flexibility index (Phi) is 13.0. The highest BCUT2D eigenvalue weighted by atomic mass is 16.5. The van der Waals surface area contributed by atoms with Gasteiger partial charge in [-0.2, -0.15) is 0 Å². The van der Waals surface area contributed by atoms with Gasteiger partial charge in [0.1, 0.15) is 42.8 Å². The fourth-order valence-corrected chi connectivity index (χ4v) is 5.25. The Morgan fingerprint density at radius 1 is 0.635 bits per heavy atom. The van der Waals surface area contributed by atoms with Crippen LogP contribution >= 0.6 is 0 Å². The van der Waals surface area contributed by atoms with Crippen molar-refractivity contribution in [2.45, 2.75) is 50.6 Å². The van der Waals surface area contributed by atoms with Gasteiger partial charge in [0, 0.05) is 31.2 Å². The van der Waals surface area contributed by atoms with E-state index in [0.717, 1.165) is 5.56 Å². The van der Waals surface area contributed by atoms with Gasteiger partial charge in [0.05, 0.1) is 6.33 Å². The normalized spacial score (nSPS) is 12.5. The number of hydrogen-bond acceptors (Lipinski definition) is 8. The topological polar surface area (TPSA) is 192 Å². The molecule has 0 radical (unpaired) electrons. The van der Waals surface area contributed by atoms with Crippen LogP contribution in [0.2, 0.25) is 0 Å². The minimum absolute atomic E-state index is 0.0114. The van der Waals surface area contributed by atoms with Gasteiger partial charge in [-0.15, -0.1) is 0 Å². The van der Waals surface area contributed by atoms with E-state index in [2.05, 4.69) is 25.9 Å². The van der Waals surface area contributed by atoms with Crippen molar-refractivity contribution in [3.05, 3.63) is 150 Å². The molecule has 13 heteroatoms. The van der Waals surface area contributed by atoms with Crippen LogP contribution < -0.4 is 20.7 Å². The van der Waals surface area contributed by atoms with Crippen LogP contribution in [0.25, 0.3) is 0 Å². The summed E-state index contributed by atoms with van der Waals surface area (Å²) < 4.78 is 11.2. The molecule has 1 aromatic heterocycles. The number of ether oxygens (including phenoxy) is 2. The lowest BCUT2D eigenvalue weighted by atomic mass is 10.0. The molecule has 13 nitrogen and oxygen atoms in total. The van der Waals surface area contributed by atoms with E-state index in [0.29, 0.717) is 34.7 Å². The number of aliphatic carboxylic acids is 1. The van der Waals surface area contributed by atoms with Gasteiger partial charge in [-0.25, -0.2) is 14.6 Å². The number of carboxylic acid groups (broad SMARTS) is 1. The zero-order valence-electron chi connectivity index (χ0n) is 28.1. The second kappa shape index (κ2) is 18.4. The van der Waals surface area contributed by atoms with E-state index in [-0.39, 0.29) is 31.6 Å². The monoisotopic (exact) mass is 705 g/mol. The number of phenols is 1. The van der Waals surface area contributed by atoms with Crippen LogP contribution in [-0.4, -0.2) is 62.2 Å². The first kappa shape index (κ1) is 36.6. The molecule has 52 heavy (non-hydrogen) atoms. The molecule has 4 aromatic carbocycles. The van der Waals surface area contributed by atoms with Crippen molar-refractivity contribution >= 4 is 23.9 Å². The Morgan fingerprint density at radius 3 is 1.79 bits per heavy atom. The van der Waals surface area contributed by atoms with Gasteiger partial charge in [0.15, 0.2) is 0 Å². The first-order valence-electron chi connectivity index (χ1n) is 16.5. The standard InChI is InChI=1S/C39H39N5O8/c45-31-15-11-27(12-16-31)19-33(36(46)43-35(38(48)49)20-26-7-3-1-4-8-26)42-37(47)34(21-30-22-40-25-41-30)44-39(50)52-24-29-13-17-32(18-14-29)51-23-28-9-5-2-6-10-28/h1-18,22,25,33-35,45H,19-21,23-24H2,(H,40,41)(H,42,47)(H,43,46)(H,44,50)(H,48,49)/t33-,34+,35-/m0/s1. The molecule has 0 aliphatic carbocycles. The van der Waals surface area contributed by atoms with E-state index < -0.39 is 42.0 Å². The van der Waals surface area contributed by atoms with Gasteiger partial charge in [0.2, 0.25) is 11.8 Å². The SMILES string of the molecule is O=C(N[C@H](Cc1cnc[nH]1)C(=O)N[C@@H](Cc1ccc(O)cc1)C(=O)N[C@@H](Cc1ccccc1)C(=O)O)OCc1ccc(OCc2ccccc2)cc1. The van der Waals surface area contributed by atoms with E-state index in [1.807, 2.05) is 30.3 Å². The summed E-state index contributed by atoms with van der Waals surface area (Å²) >= 11 is 0. The van der Waals surface area contributed by atoms with Crippen molar-refractivity contribution in [1.82, 2.24) is 25.9 Å². The van der Waals surface area contributed by atoms with Crippen LogP contribution in [0.1, 0.15) is 27.9 Å². The lowest BCUT2D eigenvalue weighted by molar-refractivity contribution is -0.142. The summed E-state index contributed by atoms with van der Waals surface area (Å²) in [6, 6.07) is 27.9. The van der Waals surface area contributed by atoms with Crippen molar-refractivity contribution in [3.63, 3.8) is 0 Å². The average Bonchev–Trinajstić information content (AvgIpc) is 3.67. The molecule has 0 unspecified atom stereocenters. The molecule has 3 atom stereocenters. The van der Waals surface area contributed by atoms with Gasteiger partial charge in [0.25, 0.3) is 0 Å². The molecule has 0 saturated carbocycles. The molecule has 268 valence electrons. The minimum atomic E-state index is -1.28. The molecular formula is C39H39N5O8. The van der Waals surface area contributed by atoms with E-state index in [1.165, 1.54) is 24.7 Å². The number of nitrogens with one attached hydrogen (secondary N) is 4. The van der Waals surface area contributed by atoms with E-state index in [9.17, 15) is 29.4 Å². The Hall–Kier alpha value is -6.63. The maximum Gasteiger partial charge on any atom is 0.408 e. The zero-order valence-corrected chi connectivity index (χ0v) is 28.1. The van der Waals surface area contributed by atoms with Gasteiger partial charge in [-0.1, -0.05) is 84.9 Å². The van der Waals surface area contributed by atoms with Crippen LogP contribution in [0.15, 0.2) is 122 Å². The average molecular weight is 706 g/mol. The van der Waals surface area contributed by atoms with Crippen LogP contribution in [-0.2, 0) is 51.6 Å². The molecule has 5 rings (SSSR count). The van der Waals surface area contributed by atoms with Gasteiger partial charge in [-0.05, 0) is 46.5 Å². The van der Waals surface area contributed by atoms with E-state index in [1.54, 1.807) is 66.7 Å². The smallest absolute Gasteiger partial charge is 0.408 e. The summed E-state index contributed by atoms with van der Waals surface area (Å²) in [5.74, 6) is -2.06. The van der Waals surface area contributed by atoms with Crippen molar-refractivity contribution in [2.75, 3.05) is 0 Å². The number of amides is 3. The molecule has 0 saturated heterocycles. The Balaban J connectivity index is 1.24. The molecule has 6 N–H and O–H groups in total. The number of carbonyl (C=O) groups is 4. The summed E-state index contributed by atoms with van der Waals surface area (Å²) in [6.45, 7) is 0.317. The first-order valence-corrected chi connectivity index (χ1v) is 16.5. The van der Waals surface area contributed by atoms with Crippen molar-refractivity contribution in [1.29, 1.82) is 0 Å². The number of carboxylic acids is 1. The van der Waals surface area contributed by atoms with Crippen molar-refractivity contribution in [2.24, 2.45) is 0 Å². The molecule has 0 aliphatic heterocycles. The van der Waals surface area contributed by atoms with Crippen molar-refractivity contribution in [3.8, 4) is 11.5 Å². The Labute approximate surface area is 300 Å². The van der Waals surface area contributed by atoms with Crippen molar-refractivity contribution < 1.29 is 38.9 Å². The molecule has 0 spiro atoms. The fraction of sp³-hybridized carbons (Fsp3) is 0.205. The number of aromatic amines is 1. The fourth-order valence-electron chi connectivity index (χ4n) is 5.25. The van der Waals surface area contributed by atoms with E-state index >= 15 is 0 Å². The number of benzene rings is 4. The third-order valence-corrected chi connectivity index (χ3v) is 8.04. The summed E-state index contributed by atoms with van der Waals surface area (Å²) in [4.78, 5) is 59.4. The molecule has 0 aliphatic rings. The number of nitrogens with zero attached hydrogens (tertiary/aromatic N) is 1. The quantitative estimate of drug-likeness (QED) is 0.0828. The third kappa shape index (κ3) is 11.5. The second-order valence-corrected chi connectivity index (χ2v) is 12.0. The van der Waals surface area contributed by atoms with Crippen LogP contribution in [0.4, 0.5) is 4.79 Å². The van der Waals surface area contributed by atoms with Crippen LogP contribution in [0.5, 0.6) is 11.5 Å². The molecule has 3 amide bonds. The number of hydrogen-bond donors (Lipinski definition) is 6. The molecule has 1 heterocycles. The number of H-pyrrole nitrogens is 1. The van der Waals surface area contributed by atoms with Gasteiger partial charge in [-0.3, -0.25) is 9.59 Å². The predicted octanol–water partition coefficient (Wildman–Crippen LogP) is 4.07. The first-order chi connectivity index (χ1) is 25.2. The summed E-state index contributed by atoms with van der Waals surface area (Å²) in [6.07, 6.45) is 2.00. The Bertz CT molecular complexity index is 1890. The highest BCUT2D eigenvalue weighted by molar-refractivity contribution is 5.93. The highest BCUT2D eigenvalue weighted by Gasteiger charge is 2.30. The second-order valence-electron chi connectivity index (χ2n) is 12.0. The lowest BCUT2D eigenvalue weighted by Gasteiger charge is -2.24. The van der Waals surface area contributed by atoms with Gasteiger partial charge < -0.3 is 40.6 Å². The maximum atomic E-state index is 13.8. The number of alkyl carbamates (subject to hydrolysis) is 1. The number of aromatic hydroxyl groups is 1. The number of carbonyl (C=O) groups excluding carboxylic acids is 3. The van der Waals surface area contributed by atoms with Crippen LogP contribution in [0.3, 0.4) is 0 Å². The largest absolute Gasteiger partial charge is 0.508 e. The zero-order chi connectivity index (χ0) is 36.7. The third-order valence-electron chi connectivity index (χ3n) is 8.04. The molecule has 0 fully saturated rings. The number of aromatic nitrogens is 2. The predicted molar refractivity (Wildman–Crippen MR) is 190 cm³/mol. The highest BCUT2D eigenvalue weighted by Crippen LogP contribution is 2.16. The van der Waals surface area contributed by atoms with Crippen LogP contribution in [0, 0.1) is 0 Å².